The number of aliphatic hydroxyl groups excluding tert-OH is 1. The molecule has 19 heavy (non-hydrogen) atoms. The molecular weight excluding hydrogens is 288 g/mol. The van der Waals surface area contributed by atoms with Crippen molar-refractivity contribution in [1.29, 1.82) is 0 Å². The summed E-state index contributed by atoms with van der Waals surface area (Å²) >= 11 is 5.85. The van der Waals surface area contributed by atoms with E-state index in [1.807, 2.05) is 6.92 Å². The maximum Gasteiger partial charge on any atom is 0.153 e. The van der Waals surface area contributed by atoms with Crippen LogP contribution in [0.5, 0.6) is 5.75 Å². The zero-order valence-corrected chi connectivity index (χ0v) is 12.7. The van der Waals surface area contributed by atoms with Gasteiger partial charge in [-0.05, 0) is 31.5 Å². The highest BCUT2D eigenvalue weighted by Crippen LogP contribution is 2.28. The predicted molar refractivity (Wildman–Crippen MR) is 76.5 cm³/mol. The molecule has 0 aliphatic heterocycles. The van der Waals surface area contributed by atoms with Gasteiger partial charge in [-0.3, -0.25) is 0 Å². The van der Waals surface area contributed by atoms with Crippen molar-refractivity contribution < 1.29 is 18.3 Å². The summed E-state index contributed by atoms with van der Waals surface area (Å²) in [5.74, 6) is 0.606. The van der Waals surface area contributed by atoms with Crippen molar-refractivity contribution in [2.75, 3.05) is 18.1 Å². The molecule has 0 fully saturated rings. The molecule has 1 aromatic carbocycles. The lowest BCUT2D eigenvalue weighted by molar-refractivity contribution is 0.192. The molecule has 0 bridgehead atoms. The maximum atomic E-state index is 11.5. The average molecular weight is 307 g/mol. The molecule has 0 aliphatic carbocycles. The molecule has 4 nitrogen and oxygen atoms in total. The fourth-order valence-corrected chi connectivity index (χ4v) is 3.01. The molecule has 1 aromatic rings. The summed E-state index contributed by atoms with van der Waals surface area (Å²) < 4.78 is 28.5. The van der Waals surface area contributed by atoms with Gasteiger partial charge in [0.05, 0.1) is 17.6 Å². The lowest BCUT2D eigenvalue weighted by Gasteiger charge is -2.13. The van der Waals surface area contributed by atoms with Crippen LogP contribution in [-0.4, -0.2) is 31.6 Å². The van der Waals surface area contributed by atoms with Gasteiger partial charge in [-0.1, -0.05) is 18.5 Å². The largest absolute Gasteiger partial charge is 0.492 e. The van der Waals surface area contributed by atoms with Crippen LogP contribution >= 0.6 is 11.6 Å². The van der Waals surface area contributed by atoms with Crippen LogP contribution in [0.25, 0.3) is 0 Å². The van der Waals surface area contributed by atoms with Gasteiger partial charge < -0.3 is 9.84 Å². The van der Waals surface area contributed by atoms with Crippen LogP contribution in [0.2, 0.25) is 5.02 Å². The third kappa shape index (κ3) is 5.38. The Hall–Kier alpha value is -0.780. The number of rotatable bonds is 7. The summed E-state index contributed by atoms with van der Waals surface area (Å²) in [6.07, 6.45) is -0.122. The number of hydrogen-bond donors (Lipinski definition) is 1. The van der Waals surface area contributed by atoms with Crippen LogP contribution in [0, 0.1) is 0 Å². The molecule has 0 amide bonds. The predicted octanol–water partition coefficient (Wildman–Crippen LogP) is 2.60. The van der Waals surface area contributed by atoms with Gasteiger partial charge >= 0.3 is 0 Å². The lowest BCUT2D eigenvalue weighted by Crippen LogP contribution is -2.17. The first kappa shape index (κ1) is 16.3. The van der Waals surface area contributed by atoms with E-state index in [2.05, 4.69) is 0 Å². The van der Waals surface area contributed by atoms with Gasteiger partial charge in [-0.2, -0.15) is 0 Å². The Bertz CT molecular complexity index is 511. The average Bonchev–Trinajstić information content (AvgIpc) is 2.30. The summed E-state index contributed by atoms with van der Waals surface area (Å²) in [5.41, 5.74) is 0.556. The lowest BCUT2D eigenvalue weighted by atomic mass is 10.1. The monoisotopic (exact) mass is 306 g/mol. The Morgan fingerprint density at radius 2 is 2.05 bits per heavy atom. The molecule has 0 spiro atoms. The Labute approximate surface area is 119 Å². The molecule has 108 valence electrons. The molecule has 1 atom stereocenters. The van der Waals surface area contributed by atoms with Crippen LogP contribution < -0.4 is 4.74 Å². The molecular formula is C13H19ClO4S. The molecule has 0 unspecified atom stereocenters. The molecule has 6 heteroatoms. The molecule has 1 rings (SSSR count). The second kappa shape index (κ2) is 7.12. The van der Waals surface area contributed by atoms with E-state index in [0.717, 1.165) is 0 Å². The molecule has 0 heterocycles. The molecule has 0 aliphatic rings. The fourth-order valence-electron chi connectivity index (χ4n) is 1.67. The number of hydrogen-bond acceptors (Lipinski definition) is 4. The molecule has 0 radical (unpaired) electrons. The third-order valence-electron chi connectivity index (χ3n) is 2.59. The zero-order chi connectivity index (χ0) is 14.5. The first-order valence-corrected chi connectivity index (χ1v) is 8.36. The van der Waals surface area contributed by atoms with Crippen molar-refractivity contribution in [2.24, 2.45) is 0 Å². The summed E-state index contributed by atoms with van der Waals surface area (Å²) in [7, 11) is -3.06. The summed E-state index contributed by atoms with van der Waals surface area (Å²) in [6.45, 7) is 3.50. The van der Waals surface area contributed by atoms with Crippen molar-refractivity contribution in [1.82, 2.24) is 0 Å². The van der Waals surface area contributed by atoms with Crippen LogP contribution in [0.4, 0.5) is 0 Å². The minimum absolute atomic E-state index is 0.0251. The van der Waals surface area contributed by atoms with Crippen molar-refractivity contribution in [3.63, 3.8) is 0 Å². The van der Waals surface area contributed by atoms with E-state index in [1.54, 1.807) is 25.1 Å². The number of ether oxygens (including phenoxy) is 1. The van der Waals surface area contributed by atoms with Gasteiger partial charge in [0.2, 0.25) is 0 Å². The van der Waals surface area contributed by atoms with Crippen molar-refractivity contribution >= 4 is 21.4 Å². The second-order valence-corrected chi connectivity index (χ2v) is 7.10. The van der Waals surface area contributed by atoms with Crippen LogP contribution in [0.3, 0.4) is 0 Å². The van der Waals surface area contributed by atoms with Gasteiger partial charge in [0.1, 0.15) is 12.4 Å². The number of benzene rings is 1. The standard InChI is InChI=1S/C13H19ClO4S/c1-3-7-19(16,17)8-6-18-13-5-4-11(14)9-12(13)10(2)15/h4-5,9-10,15H,3,6-8H2,1-2H3/t10-/m1/s1. The van der Waals surface area contributed by atoms with Crippen molar-refractivity contribution in [3.05, 3.63) is 28.8 Å². The Balaban J connectivity index is 2.68. The van der Waals surface area contributed by atoms with Gasteiger partial charge in [0.25, 0.3) is 0 Å². The minimum atomic E-state index is -3.06. The number of aliphatic hydroxyl groups is 1. The van der Waals surface area contributed by atoms with Gasteiger partial charge in [0, 0.05) is 10.6 Å². The third-order valence-corrected chi connectivity index (χ3v) is 4.64. The minimum Gasteiger partial charge on any atom is -0.492 e. The molecule has 0 saturated carbocycles. The maximum absolute atomic E-state index is 11.5. The topological polar surface area (TPSA) is 63.6 Å². The van der Waals surface area contributed by atoms with Crippen LogP contribution in [0.15, 0.2) is 18.2 Å². The number of sulfone groups is 1. The Morgan fingerprint density at radius 3 is 2.63 bits per heavy atom. The van der Waals surface area contributed by atoms with E-state index in [4.69, 9.17) is 16.3 Å². The van der Waals surface area contributed by atoms with E-state index in [0.29, 0.717) is 22.8 Å². The fraction of sp³-hybridized carbons (Fsp3) is 0.538. The van der Waals surface area contributed by atoms with Gasteiger partial charge in [-0.15, -0.1) is 0 Å². The highest BCUT2D eigenvalue weighted by atomic mass is 35.5. The van der Waals surface area contributed by atoms with E-state index in [-0.39, 0.29) is 18.1 Å². The van der Waals surface area contributed by atoms with Crippen LogP contribution in [-0.2, 0) is 9.84 Å². The van der Waals surface area contributed by atoms with Crippen LogP contribution in [0.1, 0.15) is 31.9 Å². The van der Waals surface area contributed by atoms with E-state index < -0.39 is 15.9 Å². The van der Waals surface area contributed by atoms with Gasteiger partial charge in [0.15, 0.2) is 9.84 Å². The zero-order valence-electron chi connectivity index (χ0n) is 11.1. The highest BCUT2D eigenvalue weighted by Gasteiger charge is 2.13. The molecule has 0 aromatic heterocycles. The van der Waals surface area contributed by atoms with E-state index in [9.17, 15) is 13.5 Å². The smallest absolute Gasteiger partial charge is 0.153 e. The van der Waals surface area contributed by atoms with E-state index in [1.165, 1.54) is 0 Å². The quantitative estimate of drug-likeness (QED) is 0.841. The summed E-state index contributed by atoms with van der Waals surface area (Å²) in [5, 5.41) is 10.1. The van der Waals surface area contributed by atoms with Crippen molar-refractivity contribution in [3.8, 4) is 5.75 Å². The van der Waals surface area contributed by atoms with Crippen molar-refractivity contribution in [2.45, 2.75) is 26.4 Å². The highest BCUT2D eigenvalue weighted by molar-refractivity contribution is 7.91. The molecule has 1 N–H and O–H groups in total. The van der Waals surface area contributed by atoms with E-state index >= 15 is 0 Å². The second-order valence-electron chi connectivity index (χ2n) is 4.36. The molecule has 0 saturated heterocycles. The summed E-state index contributed by atoms with van der Waals surface area (Å²) in [6, 6.07) is 4.89. The first-order valence-electron chi connectivity index (χ1n) is 6.16. The Kier molecular flexibility index (Phi) is 6.10. The first-order chi connectivity index (χ1) is 8.85. The normalized spacial score (nSPS) is 13.3. The SMILES string of the molecule is CCCS(=O)(=O)CCOc1ccc(Cl)cc1[C@@H](C)O. The Morgan fingerprint density at radius 1 is 1.37 bits per heavy atom. The van der Waals surface area contributed by atoms with Gasteiger partial charge in [-0.25, -0.2) is 8.42 Å². The number of halogens is 1. The summed E-state index contributed by atoms with van der Waals surface area (Å²) in [4.78, 5) is 0.